The fourth-order valence-corrected chi connectivity index (χ4v) is 3.83. The van der Waals surface area contributed by atoms with Crippen LogP contribution in [0.4, 0.5) is 11.5 Å². The summed E-state index contributed by atoms with van der Waals surface area (Å²) in [7, 11) is 1.96. The number of carbonyl (C=O) groups excluding carboxylic acids is 1. The minimum Gasteiger partial charge on any atom is -0.383 e. The fraction of sp³-hybridized carbons (Fsp3) is 0.750. The topological polar surface area (TPSA) is 104 Å². The number of nitrogens with one attached hydrogen (secondary N) is 1. The molecular weight excluding hydrogens is 358 g/mol. The molecule has 0 bridgehead atoms. The predicted octanol–water partition coefficient (Wildman–Crippen LogP) is 1.78. The van der Waals surface area contributed by atoms with Crippen LogP contribution in [0.3, 0.4) is 0 Å². The molecule has 1 heterocycles. The molecule has 0 saturated heterocycles. The number of likely N-dealkylation sites (N-methyl/N-ethyl adjacent to an activating group) is 1. The van der Waals surface area contributed by atoms with Crippen LogP contribution in [0.25, 0.3) is 0 Å². The number of hydrogen-bond acceptors (Lipinski definition) is 5. The normalized spacial score (nSPS) is 14.9. The van der Waals surface area contributed by atoms with Gasteiger partial charge in [0.25, 0.3) is 5.56 Å². The molecule has 1 amide bonds. The van der Waals surface area contributed by atoms with Gasteiger partial charge in [-0.3, -0.25) is 24.0 Å². The Morgan fingerprint density at radius 2 is 1.93 bits per heavy atom. The number of nitrogens with zero attached hydrogens (tertiary/aromatic N) is 3. The van der Waals surface area contributed by atoms with Crippen LogP contribution in [0.15, 0.2) is 9.59 Å². The maximum atomic E-state index is 13.1. The van der Waals surface area contributed by atoms with E-state index in [1.165, 1.54) is 22.3 Å². The number of amides is 1. The summed E-state index contributed by atoms with van der Waals surface area (Å²) >= 11 is 0. The van der Waals surface area contributed by atoms with E-state index in [1.54, 1.807) is 0 Å². The van der Waals surface area contributed by atoms with Gasteiger partial charge in [-0.1, -0.05) is 40.0 Å². The molecule has 0 atom stereocenters. The highest BCUT2D eigenvalue weighted by molar-refractivity contribution is 5.96. The zero-order chi connectivity index (χ0) is 20.8. The summed E-state index contributed by atoms with van der Waals surface area (Å²) in [5.41, 5.74) is 5.19. The molecule has 158 valence electrons. The fourth-order valence-electron chi connectivity index (χ4n) is 3.83. The first-order chi connectivity index (χ1) is 13.3. The first-order valence-electron chi connectivity index (χ1n) is 10.4. The summed E-state index contributed by atoms with van der Waals surface area (Å²) in [4.78, 5) is 43.8. The molecule has 1 aliphatic carbocycles. The smallest absolute Gasteiger partial charge is 0.330 e. The van der Waals surface area contributed by atoms with Crippen LogP contribution >= 0.6 is 0 Å². The summed E-state index contributed by atoms with van der Waals surface area (Å²) in [6, 6.07) is 0.405. The molecule has 0 spiro atoms. The van der Waals surface area contributed by atoms with Crippen LogP contribution in [0.5, 0.6) is 0 Å². The lowest BCUT2D eigenvalue weighted by molar-refractivity contribution is -0.120. The van der Waals surface area contributed by atoms with E-state index in [0.717, 1.165) is 25.7 Å². The van der Waals surface area contributed by atoms with Crippen molar-refractivity contribution in [3.8, 4) is 0 Å². The third kappa shape index (κ3) is 5.25. The maximum absolute atomic E-state index is 13.1. The van der Waals surface area contributed by atoms with Gasteiger partial charge in [0.15, 0.2) is 5.69 Å². The second-order valence-electron chi connectivity index (χ2n) is 8.25. The van der Waals surface area contributed by atoms with E-state index < -0.39 is 11.2 Å². The molecule has 0 radical (unpaired) electrons. The largest absolute Gasteiger partial charge is 0.383 e. The Balaban J connectivity index is 2.37. The number of nitrogen functional groups attached to an aromatic ring is 1. The molecule has 1 aromatic rings. The minimum atomic E-state index is -0.601. The number of unbranched alkanes of at least 4 members (excludes halogenated alkanes) is 1. The Morgan fingerprint density at radius 3 is 2.50 bits per heavy atom. The predicted molar refractivity (Wildman–Crippen MR) is 113 cm³/mol. The molecule has 1 saturated carbocycles. The molecule has 0 unspecified atom stereocenters. The lowest BCUT2D eigenvalue weighted by atomic mass is 10.2. The molecule has 2 rings (SSSR count). The molecular formula is C20H35N5O3. The third-order valence-corrected chi connectivity index (χ3v) is 5.40. The van der Waals surface area contributed by atoms with E-state index in [4.69, 9.17) is 5.73 Å². The number of rotatable bonds is 9. The Labute approximate surface area is 166 Å². The van der Waals surface area contributed by atoms with Crippen molar-refractivity contribution in [3.05, 3.63) is 20.8 Å². The first-order valence-corrected chi connectivity index (χ1v) is 10.4. The van der Waals surface area contributed by atoms with Crippen molar-refractivity contribution in [2.45, 2.75) is 71.9 Å². The third-order valence-electron chi connectivity index (χ3n) is 5.40. The maximum Gasteiger partial charge on any atom is 0.330 e. The van der Waals surface area contributed by atoms with E-state index >= 15 is 0 Å². The van der Waals surface area contributed by atoms with Gasteiger partial charge in [0.1, 0.15) is 5.82 Å². The molecule has 3 N–H and O–H groups in total. The van der Waals surface area contributed by atoms with Crippen LogP contribution < -0.4 is 21.9 Å². The Bertz CT molecular complexity index is 777. The van der Waals surface area contributed by atoms with Crippen LogP contribution in [-0.2, 0) is 11.3 Å². The van der Waals surface area contributed by atoms with Gasteiger partial charge in [-0.05, 0) is 32.2 Å². The summed E-state index contributed by atoms with van der Waals surface area (Å²) < 4.78 is 1.36. The van der Waals surface area contributed by atoms with Gasteiger partial charge in [-0.25, -0.2) is 4.79 Å². The Hall–Kier alpha value is -2.09. The number of H-pyrrole nitrogens is 1. The number of hydrogen-bond donors (Lipinski definition) is 2. The Kier molecular flexibility index (Phi) is 7.86. The molecule has 28 heavy (non-hydrogen) atoms. The van der Waals surface area contributed by atoms with Crippen molar-refractivity contribution in [1.82, 2.24) is 14.5 Å². The van der Waals surface area contributed by atoms with Crippen molar-refractivity contribution in [2.24, 2.45) is 5.92 Å². The van der Waals surface area contributed by atoms with Gasteiger partial charge in [0.05, 0.1) is 6.54 Å². The molecule has 0 aliphatic heterocycles. The summed E-state index contributed by atoms with van der Waals surface area (Å²) in [5, 5.41) is 0. The summed E-state index contributed by atoms with van der Waals surface area (Å²) in [6.07, 6.45) is 6.21. The van der Waals surface area contributed by atoms with Gasteiger partial charge < -0.3 is 10.6 Å². The number of carbonyl (C=O) groups is 1. The lowest BCUT2D eigenvalue weighted by Crippen LogP contribution is -2.46. The molecule has 0 aromatic carbocycles. The van der Waals surface area contributed by atoms with E-state index in [2.05, 4.69) is 9.88 Å². The standard InChI is InChI=1S/C20H35N5O3/c1-5-6-11-24(16(26)13-23(4)15-9-7-8-10-15)17-18(21)25(12-14(2)3)20(28)22-19(17)27/h14-15H,5-13,21H2,1-4H3,(H,22,27,28). The van der Waals surface area contributed by atoms with Crippen molar-refractivity contribution in [2.75, 3.05) is 30.8 Å². The number of anilines is 2. The Morgan fingerprint density at radius 1 is 1.29 bits per heavy atom. The second kappa shape index (κ2) is 9.91. The quantitative estimate of drug-likeness (QED) is 0.665. The molecule has 8 heteroatoms. The highest BCUT2D eigenvalue weighted by Crippen LogP contribution is 2.23. The van der Waals surface area contributed by atoms with Crippen molar-refractivity contribution < 1.29 is 4.79 Å². The first kappa shape index (κ1) is 22.2. The highest BCUT2D eigenvalue weighted by atomic mass is 16.2. The average Bonchev–Trinajstić information content (AvgIpc) is 3.15. The average molecular weight is 394 g/mol. The minimum absolute atomic E-state index is 0.0652. The van der Waals surface area contributed by atoms with Crippen LogP contribution in [0, 0.1) is 5.92 Å². The van der Waals surface area contributed by atoms with Crippen LogP contribution in [0.2, 0.25) is 0 Å². The van der Waals surface area contributed by atoms with Gasteiger partial charge in [-0.2, -0.15) is 0 Å². The van der Waals surface area contributed by atoms with E-state index in [0.29, 0.717) is 19.1 Å². The lowest BCUT2D eigenvalue weighted by Gasteiger charge is -2.29. The van der Waals surface area contributed by atoms with E-state index in [1.807, 2.05) is 27.8 Å². The van der Waals surface area contributed by atoms with Crippen molar-refractivity contribution >= 4 is 17.4 Å². The van der Waals surface area contributed by atoms with Crippen LogP contribution in [0.1, 0.15) is 59.3 Å². The summed E-state index contributed by atoms with van der Waals surface area (Å²) in [6.45, 7) is 6.98. The van der Waals surface area contributed by atoms with Gasteiger partial charge in [0, 0.05) is 19.1 Å². The van der Waals surface area contributed by atoms with Crippen molar-refractivity contribution in [1.29, 1.82) is 0 Å². The zero-order valence-electron chi connectivity index (χ0n) is 17.7. The van der Waals surface area contributed by atoms with E-state index in [-0.39, 0.29) is 29.9 Å². The second-order valence-corrected chi connectivity index (χ2v) is 8.25. The van der Waals surface area contributed by atoms with Crippen molar-refractivity contribution in [3.63, 3.8) is 0 Å². The van der Waals surface area contributed by atoms with Gasteiger partial charge >= 0.3 is 5.69 Å². The SMILES string of the molecule is CCCCN(C(=O)CN(C)C1CCCC1)c1c(N)n(CC(C)C)c(=O)[nH]c1=O. The molecule has 1 aromatic heterocycles. The molecule has 1 fully saturated rings. The number of nitrogens with two attached hydrogens (primary N) is 1. The zero-order valence-corrected chi connectivity index (χ0v) is 17.7. The molecule has 8 nitrogen and oxygen atoms in total. The number of aromatic nitrogens is 2. The number of aromatic amines is 1. The van der Waals surface area contributed by atoms with Gasteiger partial charge in [0.2, 0.25) is 5.91 Å². The molecule has 1 aliphatic rings. The monoisotopic (exact) mass is 393 g/mol. The van der Waals surface area contributed by atoms with E-state index in [9.17, 15) is 14.4 Å². The van der Waals surface area contributed by atoms with Crippen LogP contribution in [-0.4, -0.2) is 46.5 Å². The summed E-state index contributed by atoms with van der Waals surface area (Å²) in [5.74, 6) is 0.0808. The highest BCUT2D eigenvalue weighted by Gasteiger charge is 2.27. The van der Waals surface area contributed by atoms with Gasteiger partial charge in [-0.15, -0.1) is 0 Å².